The first-order valence-electron chi connectivity index (χ1n) is 12.4. The molecule has 4 aromatic rings. The van der Waals surface area contributed by atoms with Gasteiger partial charge in [0.1, 0.15) is 11.5 Å². The van der Waals surface area contributed by atoms with Crippen molar-refractivity contribution in [2.75, 3.05) is 66.4 Å². The zero-order valence-corrected chi connectivity index (χ0v) is 21.6. The lowest BCUT2D eigenvalue weighted by Crippen LogP contribution is -2.44. The molecule has 10 heteroatoms. The molecule has 0 aliphatic carbocycles. The molecule has 196 valence electrons. The van der Waals surface area contributed by atoms with Gasteiger partial charge in [-0.05, 0) is 32.5 Å². The highest BCUT2D eigenvalue weighted by Crippen LogP contribution is 2.40. The molecular weight excluding hydrogens is 478 g/mol. The van der Waals surface area contributed by atoms with Crippen LogP contribution in [0.15, 0.2) is 30.6 Å². The molecule has 0 atom stereocenters. The first-order valence-corrected chi connectivity index (χ1v) is 12.4. The molecule has 4 heterocycles. The highest BCUT2D eigenvalue weighted by atomic mass is 19.1. The van der Waals surface area contributed by atoms with Crippen LogP contribution in [-0.4, -0.2) is 85.2 Å². The molecule has 0 bridgehead atoms. The third-order valence-corrected chi connectivity index (χ3v) is 7.07. The van der Waals surface area contributed by atoms with E-state index in [0.717, 1.165) is 62.2 Å². The van der Waals surface area contributed by atoms with Gasteiger partial charge >= 0.3 is 0 Å². The number of benzene rings is 1. The lowest BCUT2D eigenvalue weighted by atomic mass is 10.0. The molecule has 0 saturated carbocycles. The number of nitrogens with zero attached hydrogens (tertiary/aromatic N) is 5. The number of nitrogens with one attached hydrogen (secondary N) is 1. The number of anilines is 1. The number of aryl methyl sites for hydroxylation is 1. The molecular formula is C27H32F2N6O2. The van der Waals surface area contributed by atoms with E-state index >= 15 is 8.78 Å². The molecule has 1 N–H and O–H groups in total. The standard InChI is InChI=1S/C27H32F2N6O2/c1-30-23-13-20-17(15-31-23)12-19(24-25(28)21(36-3)14-22(37-4)26(24)29)27-32-18(16-35(20)27)6-5-7-34-10-8-33(2)9-11-34/h12-16H,5-11H2,1-4H3,(H,30,31). The van der Waals surface area contributed by atoms with Crippen molar-refractivity contribution in [1.82, 2.24) is 24.2 Å². The van der Waals surface area contributed by atoms with E-state index in [9.17, 15) is 0 Å². The Balaban J connectivity index is 1.60. The molecule has 1 fully saturated rings. The molecule has 5 rings (SSSR count). The fourth-order valence-electron chi connectivity index (χ4n) is 4.92. The molecule has 1 aliphatic heterocycles. The number of methoxy groups -OCH3 is 2. The molecule has 3 aromatic heterocycles. The van der Waals surface area contributed by atoms with Crippen LogP contribution >= 0.6 is 0 Å². The number of imidazole rings is 1. The largest absolute Gasteiger partial charge is 0.494 e. The molecule has 1 saturated heterocycles. The summed E-state index contributed by atoms with van der Waals surface area (Å²) in [7, 11) is 6.62. The fraction of sp³-hybridized carbons (Fsp3) is 0.407. The van der Waals surface area contributed by atoms with E-state index in [1.807, 2.05) is 16.7 Å². The van der Waals surface area contributed by atoms with Crippen LogP contribution in [0.5, 0.6) is 11.5 Å². The lowest BCUT2D eigenvalue weighted by molar-refractivity contribution is 0.153. The molecule has 8 nitrogen and oxygen atoms in total. The van der Waals surface area contributed by atoms with Crippen LogP contribution in [0.2, 0.25) is 0 Å². The maximum Gasteiger partial charge on any atom is 0.176 e. The van der Waals surface area contributed by atoms with Crippen LogP contribution in [-0.2, 0) is 6.42 Å². The van der Waals surface area contributed by atoms with Crippen LogP contribution < -0.4 is 14.8 Å². The molecule has 0 amide bonds. The first-order chi connectivity index (χ1) is 17.9. The van der Waals surface area contributed by atoms with Crippen LogP contribution in [0, 0.1) is 11.6 Å². The molecule has 0 spiro atoms. The number of halogens is 2. The molecule has 1 aromatic carbocycles. The number of hydrogen-bond acceptors (Lipinski definition) is 7. The number of likely N-dealkylation sites (N-methyl/N-ethyl adjacent to an activating group) is 1. The average Bonchev–Trinajstić information content (AvgIpc) is 3.34. The van der Waals surface area contributed by atoms with Gasteiger partial charge in [0.25, 0.3) is 0 Å². The van der Waals surface area contributed by atoms with Crippen LogP contribution in [0.1, 0.15) is 12.1 Å². The first kappa shape index (κ1) is 25.2. The summed E-state index contributed by atoms with van der Waals surface area (Å²) < 4.78 is 43.3. The predicted molar refractivity (Wildman–Crippen MR) is 141 cm³/mol. The van der Waals surface area contributed by atoms with Gasteiger partial charge in [-0.3, -0.25) is 4.40 Å². The van der Waals surface area contributed by atoms with Crippen molar-refractivity contribution < 1.29 is 18.3 Å². The van der Waals surface area contributed by atoms with E-state index in [1.54, 1.807) is 19.3 Å². The third kappa shape index (κ3) is 4.78. The lowest BCUT2D eigenvalue weighted by Gasteiger charge is -2.32. The number of rotatable bonds is 8. The second kappa shape index (κ2) is 10.5. The van der Waals surface area contributed by atoms with E-state index in [4.69, 9.17) is 14.5 Å². The Morgan fingerprint density at radius 3 is 2.35 bits per heavy atom. The fourth-order valence-corrected chi connectivity index (χ4v) is 4.92. The zero-order chi connectivity index (χ0) is 26.1. The van der Waals surface area contributed by atoms with Crippen LogP contribution in [0.25, 0.3) is 27.7 Å². The SMILES string of the molecule is CNc1cc2c(cn1)cc(-c1c(F)c(OC)cc(OC)c1F)c1nc(CCCN3CCN(C)CC3)cn12. The van der Waals surface area contributed by atoms with E-state index in [1.165, 1.54) is 20.3 Å². The minimum atomic E-state index is -0.804. The van der Waals surface area contributed by atoms with Crippen molar-refractivity contribution in [3.63, 3.8) is 0 Å². The van der Waals surface area contributed by atoms with Crippen molar-refractivity contribution >= 4 is 22.4 Å². The Bertz CT molecular complexity index is 1400. The summed E-state index contributed by atoms with van der Waals surface area (Å²) >= 11 is 0. The van der Waals surface area contributed by atoms with Gasteiger partial charge < -0.3 is 24.6 Å². The van der Waals surface area contributed by atoms with Gasteiger partial charge in [-0.25, -0.2) is 18.7 Å². The van der Waals surface area contributed by atoms with Crippen molar-refractivity contribution in [3.8, 4) is 22.6 Å². The number of aromatic nitrogens is 3. The van der Waals surface area contributed by atoms with Gasteiger partial charge in [-0.15, -0.1) is 0 Å². The summed E-state index contributed by atoms with van der Waals surface area (Å²) in [6.07, 6.45) is 5.34. The molecule has 0 radical (unpaired) electrons. The zero-order valence-electron chi connectivity index (χ0n) is 21.6. The minimum absolute atomic E-state index is 0.103. The van der Waals surface area contributed by atoms with Gasteiger partial charge in [0.15, 0.2) is 23.1 Å². The van der Waals surface area contributed by atoms with Gasteiger partial charge in [-0.2, -0.15) is 0 Å². The molecule has 37 heavy (non-hydrogen) atoms. The second-order valence-electron chi connectivity index (χ2n) is 9.39. The number of ether oxygens (including phenoxy) is 2. The summed E-state index contributed by atoms with van der Waals surface area (Å²) in [5.41, 5.74) is 2.23. The summed E-state index contributed by atoms with van der Waals surface area (Å²) in [6.45, 7) is 5.26. The number of piperazine rings is 1. The van der Waals surface area contributed by atoms with E-state index in [2.05, 4.69) is 27.1 Å². The number of hydrogen-bond donors (Lipinski definition) is 1. The number of fused-ring (bicyclic) bond motifs is 3. The Morgan fingerprint density at radius 2 is 1.70 bits per heavy atom. The van der Waals surface area contributed by atoms with Crippen LogP contribution in [0.3, 0.4) is 0 Å². The number of pyridine rings is 2. The topological polar surface area (TPSA) is 67.2 Å². The van der Waals surface area contributed by atoms with Crippen molar-refractivity contribution in [1.29, 1.82) is 0 Å². The maximum absolute atomic E-state index is 15.5. The quantitative estimate of drug-likeness (QED) is 0.383. The van der Waals surface area contributed by atoms with E-state index in [0.29, 0.717) is 17.0 Å². The van der Waals surface area contributed by atoms with E-state index in [-0.39, 0.29) is 17.1 Å². The van der Waals surface area contributed by atoms with Gasteiger partial charge in [-0.1, -0.05) is 0 Å². The average molecular weight is 511 g/mol. The smallest absolute Gasteiger partial charge is 0.176 e. The second-order valence-corrected chi connectivity index (χ2v) is 9.39. The Labute approximate surface area is 214 Å². The van der Waals surface area contributed by atoms with Gasteiger partial charge in [0, 0.05) is 68.7 Å². The predicted octanol–water partition coefficient (Wildman–Crippen LogP) is 4.07. The van der Waals surface area contributed by atoms with Gasteiger partial charge in [0.2, 0.25) is 0 Å². The van der Waals surface area contributed by atoms with E-state index < -0.39 is 11.6 Å². The highest BCUT2D eigenvalue weighted by Gasteiger charge is 2.25. The Hall–Kier alpha value is -3.50. The summed E-state index contributed by atoms with van der Waals surface area (Å²) in [4.78, 5) is 14.1. The maximum atomic E-state index is 15.5. The normalized spacial score (nSPS) is 15.0. The Kier molecular flexibility index (Phi) is 7.12. The van der Waals surface area contributed by atoms with Crippen molar-refractivity contribution in [2.24, 2.45) is 0 Å². The summed E-state index contributed by atoms with van der Waals surface area (Å²) in [5, 5.41) is 3.78. The monoisotopic (exact) mass is 510 g/mol. The summed E-state index contributed by atoms with van der Waals surface area (Å²) in [6, 6.07) is 4.84. The summed E-state index contributed by atoms with van der Waals surface area (Å²) in [5.74, 6) is -1.13. The third-order valence-electron chi connectivity index (χ3n) is 7.07. The van der Waals surface area contributed by atoms with Crippen molar-refractivity contribution in [3.05, 3.63) is 47.9 Å². The minimum Gasteiger partial charge on any atom is -0.494 e. The molecule has 1 aliphatic rings. The Morgan fingerprint density at radius 1 is 1.00 bits per heavy atom. The van der Waals surface area contributed by atoms with Gasteiger partial charge in [0.05, 0.1) is 31.0 Å². The van der Waals surface area contributed by atoms with Crippen molar-refractivity contribution in [2.45, 2.75) is 12.8 Å². The highest BCUT2D eigenvalue weighted by molar-refractivity contribution is 5.93. The molecule has 0 unspecified atom stereocenters. The van der Waals surface area contributed by atoms with Crippen LogP contribution in [0.4, 0.5) is 14.6 Å².